The van der Waals surface area contributed by atoms with Crippen LogP contribution in [0, 0.1) is 5.92 Å². The molecular formula is C34H33N8+. The summed E-state index contributed by atoms with van der Waals surface area (Å²) >= 11 is 0. The van der Waals surface area contributed by atoms with Gasteiger partial charge < -0.3 is 4.90 Å². The molecule has 1 aliphatic carbocycles. The Balaban J connectivity index is 1.03. The van der Waals surface area contributed by atoms with Gasteiger partial charge in [-0.2, -0.15) is 10.8 Å². The van der Waals surface area contributed by atoms with Crippen LogP contribution in [0.25, 0.3) is 22.2 Å². The number of rotatable bonds is 5. The molecular weight excluding hydrogens is 520 g/mol. The van der Waals surface area contributed by atoms with Crippen molar-refractivity contribution < 1.29 is 4.59 Å². The molecule has 1 saturated heterocycles. The van der Waals surface area contributed by atoms with Gasteiger partial charge in [-0.05, 0) is 63.0 Å². The summed E-state index contributed by atoms with van der Waals surface area (Å²) in [7, 11) is 0. The number of nitrogens with zero attached hydrogens (tertiary/aromatic N) is 7. The smallest absolute Gasteiger partial charge is 0.264 e. The monoisotopic (exact) mass is 553 g/mol. The van der Waals surface area contributed by atoms with Crippen molar-refractivity contribution in [1.82, 2.24) is 19.9 Å². The Hall–Kier alpha value is -4.37. The van der Waals surface area contributed by atoms with Gasteiger partial charge in [0.25, 0.3) is 5.84 Å². The second kappa shape index (κ2) is 10.2. The molecule has 8 nitrogen and oxygen atoms in total. The van der Waals surface area contributed by atoms with Gasteiger partial charge in [-0.15, -0.1) is 4.59 Å². The second-order valence-corrected chi connectivity index (χ2v) is 11.8. The van der Waals surface area contributed by atoms with E-state index in [-0.39, 0.29) is 4.59 Å². The van der Waals surface area contributed by atoms with Crippen LogP contribution in [0.1, 0.15) is 43.0 Å². The maximum absolute atomic E-state index is 7.09. The Morgan fingerprint density at radius 1 is 0.833 bits per heavy atom. The van der Waals surface area contributed by atoms with Crippen molar-refractivity contribution in [3.63, 3.8) is 0 Å². The number of aromatic nitrogens is 3. The largest absolute Gasteiger partial charge is 0.300 e. The van der Waals surface area contributed by atoms with Crippen molar-refractivity contribution in [2.45, 2.75) is 37.6 Å². The summed E-state index contributed by atoms with van der Waals surface area (Å²) < 4.78 is 0.0480. The third-order valence-electron chi connectivity index (χ3n) is 9.34. The summed E-state index contributed by atoms with van der Waals surface area (Å²) in [5.74, 6) is 9.74. The van der Waals surface area contributed by atoms with Crippen LogP contribution in [0.3, 0.4) is 0 Å². The topological polar surface area (TPSA) is 92.7 Å². The van der Waals surface area contributed by atoms with E-state index in [1.165, 1.54) is 0 Å². The van der Waals surface area contributed by atoms with E-state index in [0.29, 0.717) is 17.9 Å². The number of pyridine rings is 1. The minimum Gasteiger partial charge on any atom is -0.300 e. The van der Waals surface area contributed by atoms with E-state index in [4.69, 9.17) is 15.8 Å². The van der Waals surface area contributed by atoms with E-state index in [1.807, 2.05) is 49.1 Å². The number of amidine groups is 1. The lowest BCUT2D eigenvalue weighted by Crippen LogP contribution is -2.53. The van der Waals surface area contributed by atoms with E-state index in [2.05, 4.69) is 62.3 Å². The first-order valence-electron chi connectivity index (χ1n) is 14.9. The Kier molecular flexibility index (Phi) is 6.14. The van der Waals surface area contributed by atoms with Crippen LogP contribution in [0.15, 0.2) is 113 Å². The van der Waals surface area contributed by atoms with Crippen LogP contribution >= 0.6 is 0 Å². The fourth-order valence-electron chi connectivity index (χ4n) is 6.89. The average Bonchev–Trinajstić information content (AvgIpc) is 3.33. The van der Waals surface area contributed by atoms with Gasteiger partial charge in [0.05, 0.1) is 29.2 Å². The number of allylic oxidation sites excluding steroid dienone is 2. The van der Waals surface area contributed by atoms with Crippen LogP contribution in [-0.2, 0) is 0 Å². The summed E-state index contributed by atoms with van der Waals surface area (Å²) in [6.07, 6.45) is 13.7. The Bertz CT molecular complexity index is 1760. The summed E-state index contributed by atoms with van der Waals surface area (Å²) in [5, 5.41) is 1.09. The Morgan fingerprint density at radius 3 is 2.43 bits per heavy atom. The van der Waals surface area contributed by atoms with Gasteiger partial charge in [0.15, 0.2) is 0 Å². The zero-order chi connectivity index (χ0) is 28.1. The Morgan fingerprint density at radius 2 is 1.62 bits per heavy atom. The lowest BCUT2D eigenvalue weighted by atomic mass is 9.76. The van der Waals surface area contributed by atoms with E-state index >= 15 is 0 Å². The molecule has 42 heavy (non-hydrogen) atoms. The Labute approximate surface area is 245 Å². The van der Waals surface area contributed by atoms with Crippen LogP contribution in [0.2, 0.25) is 0 Å². The molecule has 0 amide bonds. The normalized spacial score (nSPS) is 25.9. The molecule has 8 heteroatoms. The maximum atomic E-state index is 7.09. The van der Waals surface area contributed by atoms with Crippen LogP contribution in [0.5, 0.6) is 0 Å². The lowest BCUT2D eigenvalue weighted by molar-refractivity contribution is -0.750. The van der Waals surface area contributed by atoms with Gasteiger partial charge in [0.1, 0.15) is 17.7 Å². The molecule has 1 saturated carbocycles. The number of fused-ring (bicyclic) bond motifs is 2. The van der Waals surface area contributed by atoms with E-state index in [9.17, 15) is 0 Å². The molecule has 8 rings (SSSR count). The molecule has 0 radical (unpaired) electrons. The zero-order valence-electron chi connectivity index (χ0n) is 23.4. The number of aliphatic imine (C=N–C) groups is 2. The van der Waals surface area contributed by atoms with E-state index in [0.717, 1.165) is 89.6 Å². The number of likely N-dealkylation sites (tertiary alicyclic amines) is 1. The van der Waals surface area contributed by atoms with Gasteiger partial charge in [-0.3, -0.25) is 4.99 Å². The van der Waals surface area contributed by atoms with Gasteiger partial charge in [-0.25, -0.2) is 15.0 Å². The molecule has 2 fully saturated rings. The van der Waals surface area contributed by atoms with Crippen LogP contribution in [0.4, 0.5) is 0 Å². The molecule has 5 heterocycles. The summed E-state index contributed by atoms with van der Waals surface area (Å²) in [4.78, 5) is 26.4. The third-order valence-corrected chi connectivity index (χ3v) is 9.34. The molecule has 2 aromatic carbocycles. The molecule has 4 aromatic rings. The van der Waals surface area contributed by atoms with Crippen molar-refractivity contribution in [3.05, 3.63) is 114 Å². The van der Waals surface area contributed by atoms with E-state index < -0.39 is 0 Å². The molecule has 208 valence electrons. The molecule has 1 unspecified atom stereocenters. The molecule has 0 bridgehead atoms. The predicted molar refractivity (Wildman–Crippen MR) is 165 cm³/mol. The first kappa shape index (κ1) is 25.3. The fourth-order valence-corrected chi connectivity index (χ4v) is 6.89. The van der Waals surface area contributed by atoms with Crippen LogP contribution < -0.4 is 5.84 Å². The van der Waals surface area contributed by atoms with Crippen molar-refractivity contribution in [2.24, 2.45) is 21.7 Å². The van der Waals surface area contributed by atoms with Crippen molar-refractivity contribution in [1.29, 1.82) is 0 Å². The first-order chi connectivity index (χ1) is 20.7. The first-order valence-corrected chi connectivity index (χ1v) is 14.9. The minimum absolute atomic E-state index is 0.0480. The number of piperidine rings is 1. The SMILES string of the molecule is N[N+]12C=CN=CC1=C(C1CC(N3CCC(c4ncccn4)CC3)C1)N=C2c1ccc2ccc(-c3ccccc3)nc2c1. The standard InChI is InChI=1S/C34H33N8/c35-42-18-15-36-22-31(42)32(27-19-28(20-27)41-16-11-25(12-17-41)33-37-13-4-14-38-33)40-34(42)26-8-7-24-9-10-29(39-30(24)21-26)23-5-2-1-3-6-23/h1-10,13-15,18,21-22,25,27-28H,11-12,16-17,19-20,35H2/q+1. The number of hydrogen-bond donors (Lipinski definition) is 1. The van der Waals surface area contributed by atoms with Crippen molar-refractivity contribution >= 4 is 23.0 Å². The van der Waals surface area contributed by atoms with Gasteiger partial charge >= 0.3 is 0 Å². The van der Waals surface area contributed by atoms with Crippen LogP contribution in [-0.4, -0.2) is 55.6 Å². The minimum atomic E-state index is 0.0480. The highest BCUT2D eigenvalue weighted by molar-refractivity contribution is 6.02. The summed E-state index contributed by atoms with van der Waals surface area (Å²) in [5.41, 5.74) is 6.02. The van der Waals surface area contributed by atoms with Gasteiger partial charge in [0, 0.05) is 41.2 Å². The summed E-state index contributed by atoms with van der Waals surface area (Å²) in [6.45, 7) is 2.19. The van der Waals surface area contributed by atoms with Gasteiger partial charge in [-0.1, -0.05) is 42.5 Å². The number of quaternary nitrogens is 1. The molecule has 2 N–H and O–H groups in total. The molecule has 2 aromatic heterocycles. The quantitative estimate of drug-likeness (QED) is 0.258. The van der Waals surface area contributed by atoms with Crippen molar-refractivity contribution in [2.75, 3.05) is 13.1 Å². The predicted octanol–water partition coefficient (Wildman–Crippen LogP) is 5.57. The second-order valence-electron chi connectivity index (χ2n) is 11.8. The van der Waals surface area contributed by atoms with E-state index in [1.54, 1.807) is 6.20 Å². The number of nitrogens with two attached hydrogens (primary N) is 1. The highest BCUT2D eigenvalue weighted by atomic mass is 15.6. The number of hydrogen-bond acceptors (Lipinski definition) is 7. The summed E-state index contributed by atoms with van der Waals surface area (Å²) in [6, 6.07) is 23.3. The van der Waals surface area contributed by atoms with Gasteiger partial charge in [0.2, 0.25) is 5.70 Å². The zero-order valence-corrected chi connectivity index (χ0v) is 23.4. The highest BCUT2D eigenvalue weighted by Crippen LogP contribution is 2.45. The molecule has 0 spiro atoms. The van der Waals surface area contributed by atoms with Crippen molar-refractivity contribution in [3.8, 4) is 11.3 Å². The number of benzene rings is 2. The molecule has 3 aliphatic heterocycles. The average molecular weight is 554 g/mol. The molecule has 1 atom stereocenters. The fraction of sp³-hybridized carbons (Fsp3) is 0.265. The lowest BCUT2D eigenvalue weighted by Gasteiger charge is -2.45. The highest BCUT2D eigenvalue weighted by Gasteiger charge is 2.49. The third kappa shape index (κ3) is 4.30. The maximum Gasteiger partial charge on any atom is 0.264 e. The molecule has 4 aliphatic rings.